The highest BCUT2D eigenvalue weighted by Gasteiger charge is 2.16. The largest absolute Gasteiger partial charge is 0.480 e. The van der Waals surface area contributed by atoms with E-state index in [1.54, 1.807) is 19.1 Å². The summed E-state index contributed by atoms with van der Waals surface area (Å²) in [5.41, 5.74) is 0.641. The van der Waals surface area contributed by atoms with Gasteiger partial charge < -0.3 is 5.11 Å². The molecular formula is C11H9FN2O2S2. The van der Waals surface area contributed by atoms with E-state index in [0.717, 1.165) is 11.8 Å². The minimum atomic E-state index is -0.900. The predicted octanol–water partition coefficient (Wildman–Crippen LogP) is 2.91. The number of nitrogens with zero attached hydrogens (tertiary/aromatic N) is 2. The summed E-state index contributed by atoms with van der Waals surface area (Å²) in [5.74, 6) is -1.24. The number of halogens is 1. The van der Waals surface area contributed by atoms with Crippen LogP contribution in [0, 0.1) is 5.82 Å². The molecule has 0 aliphatic rings. The summed E-state index contributed by atoms with van der Waals surface area (Å²) in [6.07, 6.45) is 0. The number of hydrogen-bond acceptors (Lipinski definition) is 5. The van der Waals surface area contributed by atoms with Crippen LogP contribution in [0.25, 0.3) is 10.6 Å². The van der Waals surface area contributed by atoms with Gasteiger partial charge in [0.25, 0.3) is 0 Å². The average molecular weight is 284 g/mol. The number of carboxylic acids is 1. The summed E-state index contributed by atoms with van der Waals surface area (Å²) in [6.45, 7) is 1.58. The molecule has 1 N–H and O–H groups in total. The zero-order chi connectivity index (χ0) is 13.1. The first-order chi connectivity index (χ1) is 8.56. The Morgan fingerprint density at radius 2 is 2.28 bits per heavy atom. The van der Waals surface area contributed by atoms with Gasteiger partial charge in [0.1, 0.15) is 16.1 Å². The second-order valence-electron chi connectivity index (χ2n) is 3.48. The van der Waals surface area contributed by atoms with E-state index < -0.39 is 11.2 Å². The third-order valence-corrected chi connectivity index (χ3v) is 4.25. The van der Waals surface area contributed by atoms with Crippen LogP contribution in [0.3, 0.4) is 0 Å². The second kappa shape index (κ2) is 5.45. The predicted molar refractivity (Wildman–Crippen MR) is 68.3 cm³/mol. The molecule has 7 heteroatoms. The standard InChI is InChI=1S/C11H9FN2O2S2/c1-6(10(15)16)17-11-14-13-9(18-11)7-3-2-4-8(12)5-7/h2-6H,1H3,(H,15,16). The zero-order valence-electron chi connectivity index (χ0n) is 9.33. The Balaban J connectivity index is 2.18. The number of carboxylic acid groups (broad SMARTS) is 1. The number of thioether (sulfide) groups is 1. The number of benzene rings is 1. The highest BCUT2D eigenvalue weighted by atomic mass is 32.2. The Morgan fingerprint density at radius 1 is 1.50 bits per heavy atom. The van der Waals surface area contributed by atoms with Crippen molar-refractivity contribution >= 4 is 29.1 Å². The summed E-state index contributed by atoms with van der Waals surface area (Å²) < 4.78 is 13.6. The van der Waals surface area contributed by atoms with Gasteiger partial charge in [-0.25, -0.2) is 4.39 Å². The molecule has 0 radical (unpaired) electrons. The number of aliphatic carboxylic acids is 1. The molecule has 94 valence electrons. The molecule has 0 saturated carbocycles. The molecule has 2 aromatic rings. The maximum absolute atomic E-state index is 13.0. The summed E-state index contributed by atoms with van der Waals surface area (Å²) >= 11 is 2.37. The fourth-order valence-electron chi connectivity index (χ4n) is 1.20. The first-order valence-corrected chi connectivity index (χ1v) is 6.75. The molecule has 1 unspecified atom stereocenters. The number of carbonyl (C=O) groups is 1. The van der Waals surface area contributed by atoms with E-state index in [-0.39, 0.29) is 5.82 Å². The van der Waals surface area contributed by atoms with E-state index in [2.05, 4.69) is 10.2 Å². The average Bonchev–Trinajstić information content (AvgIpc) is 2.77. The van der Waals surface area contributed by atoms with E-state index in [1.807, 2.05) is 0 Å². The van der Waals surface area contributed by atoms with E-state index in [9.17, 15) is 9.18 Å². The van der Waals surface area contributed by atoms with Gasteiger partial charge in [-0.1, -0.05) is 35.2 Å². The fraction of sp³-hybridized carbons (Fsp3) is 0.182. The third kappa shape index (κ3) is 3.05. The SMILES string of the molecule is CC(Sc1nnc(-c2cccc(F)c2)s1)C(=O)O. The van der Waals surface area contributed by atoms with Gasteiger partial charge >= 0.3 is 5.97 Å². The van der Waals surface area contributed by atoms with Crippen LogP contribution in [-0.4, -0.2) is 26.5 Å². The highest BCUT2D eigenvalue weighted by molar-refractivity contribution is 8.02. The molecule has 0 fully saturated rings. The Bertz CT molecular complexity index is 574. The van der Waals surface area contributed by atoms with Crippen molar-refractivity contribution in [2.45, 2.75) is 16.5 Å². The Labute approximate surface area is 111 Å². The minimum Gasteiger partial charge on any atom is -0.480 e. The van der Waals surface area contributed by atoms with Crippen molar-refractivity contribution in [2.75, 3.05) is 0 Å². The smallest absolute Gasteiger partial charge is 0.316 e. The topological polar surface area (TPSA) is 63.1 Å². The highest BCUT2D eigenvalue weighted by Crippen LogP contribution is 2.31. The molecule has 0 bridgehead atoms. The zero-order valence-corrected chi connectivity index (χ0v) is 11.0. The van der Waals surface area contributed by atoms with Gasteiger partial charge in [-0.2, -0.15) is 0 Å². The van der Waals surface area contributed by atoms with Gasteiger partial charge in [-0.3, -0.25) is 4.79 Å². The van der Waals surface area contributed by atoms with Gasteiger partial charge in [0.05, 0.1) is 0 Å². The van der Waals surface area contributed by atoms with Crippen molar-refractivity contribution in [3.05, 3.63) is 30.1 Å². The second-order valence-corrected chi connectivity index (χ2v) is 6.05. The molecule has 2 rings (SSSR count). The third-order valence-electron chi connectivity index (χ3n) is 2.10. The van der Waals surface area contributed by atoms with Crippen molar-refractivity contribution in [2.24, 2.45) is 0 Å². The van der Waals surface area contributed by atoms with Gasteiger partial charge in [-0.15, -0.1) is 10.2 Å². The van der Waals surface area contributed by atoms with E-state index >= 15 is 0 Å². The quantitative estimate of drug-likeness (QED) is 0.875. The van der Waals surface area contributed by atoms with Crippen LogP contribution >= 0.6 is 23.1 Å². The summed E-state index contributed by atoms with van der Waals surface area (Å²) in [5, 5.41) is 16.6. The van der Waals surface area contributed by atoms with Crippen molar-refractivity contribution in [3.63, 3.8) is 0 Å². The lowest BCUT2D eigenvalue weighted by atomic mass is 10.2. The lowest BCUT2D eigenvalue weighted by Gasteiger charge is -2.00. The molecule has 1 aromatic heterocycles. The lowest BCUT2D eigenvalue weighted by Crippen LogP contribution is -2.10. The van der Waals surface area contributed by atoms with Gasteiger partial charge in [-0.05, 0) is 19.1 Å². The minimum absolute atomic E-state index is 0.337. The molecule has 0 saturated heterocycles. The molecule has 0 aliphatic carbocycles. The molecule has 0 spiro atoms. The van der Waals surface area contributed by atoms with Crippen LogP contribution in [0.15, 0.2) is 28.6 Å². The molecule has 1 aromatic carbocycles. The summed E-state index contributed by atoms with van der Waals surface area (Å²) in [4.78, 5) is 10.7. The van der Waals surface area contributed by atoms with Crippen LogP contribution < -0.4 is 0 Å². The lowest BCUT2D eigenvalue weighted by molar-refractivity contribution is -0.136. The maximum atomic E-state index is 13.0. The molecule has 0 aliphatic heterocycles. The molecule has 18 heavy (non-hydrogen) atoms. The molecular weight excluding hydrogens is 275 g/mol. The van der Waals surface area contributed by atoms with E-state index in [0.29, 0.717) is 14.9 Å². The summed E-state index contributed by atoms with van der Waals surface area (Å²) in [6, 6.07) is 6.06. The van der Waals surface area contributed by atoms with Crippen molar-refractivity contribution in [1.29, 1.82) is 0 Å². The first-order valence-electron chi connectivity index (χ1n) is 5.05. The van der Waals surface area contributed by atoms with Crippen LogP contribution in [0.1, 0.15) is 6.92 Å². The Morgan fingerprint density at radius 3 is 2.94 bits per heavy atom. The first kappa shape index (κ1) is 13.0. The van der Waals surface area contributed by atoms with Gasteiger partial charge in [0, 0.05) is 5.56 Å². The van der Waals surface area contributed by atoms with Crippen molar-refractivity contribution in [1.82, 2.24) is 10.2 Å². The Kier molecular flexibility index (Phi) is 3.93. The molecule has 1 atom stereocenters. The van der Waals surface area contributed by atoms with Crippen LogP contribution in [-0.2, 0) is 4.79 Å². The Hall–Kier alpha value is -1.47. The van der Waals surface area contributed by atoms with E-state index in [1.165, 1.54) is 23.5 Å². The number of aromatic nitrogens is 2. The molecule has 4 nitrogen and oxygen atoms in total. The molecule has 1 heterocycles. The van der Waals surface area contributed by atoms with Crippen molar-refractivity contribution in [3.8, 4) is 10.6 Å². The van der Waals surface area contributed by atoms with Crippen LogP contribution in [0.5, 0.6) is 0 Å². The fourth-order valence-corrected chi connectivity index (χ4v) is 3.12. The van der Waals surface area contributed by atoms with Crippen LogP contribution in [0.2, 0.25) is 0 Å². The summed E-state index contributed by atoms with van der Waals surface area (Å²) in [7, 11) is 0. The van der Waals surface area contributed by atoms with E-state index in [4.69, 9.17) is 5.11 Å². The normalized spacial score (nSPS) is 12.3. The van der Waals surface area contributed by atoms with Crippen molar-refractivity contribution < 1.29 is 14.3 Å². The maximum Gasteiger partial charge on any atom is 0.316 e. The van der Waals surface area contributed by atoms with Gasteiger partial charge in [0.2, 0.25) is 0 Å². The number of hydrogen-bond donors (Lipinski definition) is 1. The van der Waals surface area contributed by atoms with Crippen LogP contribution in [0.4, 0.5) is 4.39 Å². The number of rotatable bonds is 4. The monoisotopic (exact) mass is 284 g/mol. The van der Waals surface area contributed by atoms with Gasteiger partial charge in [0.15, 0.2) is 4.34 Å². The molecule has 0 amide bonds.